The van der Waals surface area contributed by atoms with Crippen LogP contribution in [0.5, 0.6) is 0 Å². The van der Waals surface area contributed by atoms with E-state index in [1.165, 1.54) is 18.4 Å². The molecular weight excluding hydrogens is 188 g/mol. The van der Waals surface area contributed by atoms with E-state index in [-0.39, 0.29) is 0 Å². The Morgan fingerprint density at radius 1 is 1.53 bits per heavy atom. The van der Waals surface area contributed by atoms with Crippen molar-refractivity contribution in [2.45, 2.75) is 24.8 Å². The normalized spacial score (nSPS) is 18.2. The van der Waals surface area contributed by atoms with Crippen LogP contribution in [-0.2, 0) is 6.42 Å². The van der Waals surface area contributed by atoms with Gasteiger partial charge in [-0.05, 0) is 31.9 Å². The number of hydrogen-bond donors (Lipinski definition) is 1. The first-order valence-electron chi connectivity index (χ1n) is 5.29. The number of likely N-dealkylation sites (N-methyl/N-ethyl adjacent to an activating group) is 1. The van der Waals surface area contributed by atoms with Gasteiger partial charge in [-0.1, -0.05) is 0 Å². The molecule has 78 valence electrons. The van der Waals surface area contributed by atoms with Crippen LogP contribution >= 0.6 is 0 Å². The summed E-state index contributed by atoms with van der Waals surface area (Å²) in [7, 11) is 2.03. The summed E-state index contributed by atoms with van der Waals surface area (Å²) in [6.07, 6.45) is 9.37. The Bertz CT molecular complexity index is 484. The summed E-state index contributed by atoms with van der Waals surface area (Å²) in [5.74, 6) is 0. The summed E-state index contributed by atoms with van der Waals surface area (Å²) < 4.78 is 1.83. The van der Waals surface area contributed by atoms with E-state index in [0.717, 1.165) is 12.1 Å². The van der Waals surface area contributed by atoms with Crippen LogP contribution < -0.4 is 5.32 Å². The van der Waals surface area contributed by atoms with Crippen LogP contribution in [0.3, 0.4) is 0 Å². The van der Waals surface area contributed by atoms with Gasteiger partial charge >= 0.3 is 0 Å². The van der Waals surface area contributed by atoms with Crippen molar-refractivity contribution in [2.75, 3.05) is 7.05 Å². The third-order valence-corrected chi connectivity index (χ3v) is 3.23. The zero-order valence-electron chi connectivity index (χ0n) is 8.77. The van der Waals surface area contributed by atoms with Crippen molar-refractivity contribution in [1.29, 1.82) is 0 Å². The van der Waals surface area contributed by atoms with Crippen molar-refractivity contribution in [2.24, 2.45) is 0 Å². The van der Waals surface area contributed by atoms with Gasteiger partial charge in [-0.2, -0.15) is 5.10 Å². The fraction of sp³-hybridized carbons (Fsp3) is 0.455. The molecule has 0 bridgehead atoms. The number of nitrogens with zero attached hydrogens (tertiary/aromatic N) is 3. The van der Waals surface area contributed by atoms with Gasteiger partial charge in [-0.3, -0.25) is 0 Å². The summed E-state index contributed by atoms with van der Waals surface area (Å²) in [6.45, 7) is 0. The summed E-state index contributed by atoms with van der Waals surface area (Å²) in [4.78, 5) is 4.36. The third-order valence-electron chi connectivity index (χ3n) is 3.23. The number of fused-ring (bicyclic) bond motifs is 1. The van der Waals surface area contributed by atoms with Gasteiger partial charge in [0.2, 0.25) is 0 Å². The highest BCUT2D eigenvalue weighted by Gasteiger charge is 2.40. The first-order valence-corrected chi connectivity index (χ1v) is 5.29. The van der Waals surface area contributed by atoms with E-state index in [1.54, 1.807) is 6.20 Å². The van der Waals surface area contributed by atoms with Crippen molar-refractivity contribution in [1.82, 2.24) is 19.9 Å². The van der Waals surface area contributed by atoms with Crippen LogP contribution in [0.2, 0.25) is 0 Å². The molecule has 1 fully saturated rings. The molecule has 1 N–H and O–H groups in total. The zero-order chi connectivity index (χ0) is 10.3. The average molecular weight is 202 g/mol. The minimum Gasteiger partial charge on any atom is -0.314 e. The molecule has 4 nitrogen and oxygen atoms in total. The van der Waals surface area contributed by atoms with Gasteiger partial charge in [0, 0.05) is 24.0 Å². The highest BCUT2D eigenvalue weighted by molar-refractivity contribution is 5.36. The van der Waals surface area contributed by atoms with E-state index in [1.807, 2.05) is 23.8 Å². The van der Waals surface area contributed by atoms with Gasteiger partial charge in [0.05, 0.1) is 6.20 Å². The molecule has 0 saturated heterocycles. The number of hydrogen-bond acceptors (Lipinski definition) is 3. The molecule has 1 saturated carbocycles. The van der Waals surface area contributed by atoms with Gasteiger partial charge in [-0.25, -0.2) is 9.50 Å². The topological polar surface area (TPSA) is 42.2 Å². The van der Waals surface area contributed by atoms with Crippen LogP contribution in [0.1, 0.15) is 18.4 Å². The highest BCUT2D eigenvalue weighted by atomic mass is 15.2. The molecule has 0 atom stereocenters. The lowest BCUT2D eigenvalue weighted by Crippen LogP contribution is -2.29. The maximum absolute atomic E-state index is 4.36. The molecule has 1 aliphatic carbocycles. The van der Waals surface area contributed by atoms with Crippen LogP contribution in [0, 0.1) is 0 Å². The smallest absolute Gasteiger partial charge is 0.154 e. The van der Waals surface area contributed by atoms with E-state index >= 15 is 0 Å². The lowest BCUT2D eigenvalue weighted by atomic mass is 10.1. The minimum absolute atomic E-state index is 0.336. The third kappa shape index (κ3) is 1.51. The molecule has 0 radical (unpaired) electrons. The molecule has 0 amide bonds. The van der Waals surface area contributed by atoms with Crippen molar-refractivity contribution in [3.05, 3.63) is 30.2 Å². The quantitative estimate of drug-likeness (QED) is 0.808. The lowest BCUT2D eigenvalue weighted by molar-refractivity contribution is 0.546. The number of aromatic nitrogens is 3. The molecular formula is C11H14N4. The molecule has 1 aliphatic rings. The molecule has 2 aromatic heterocycles. The van der Waals surface area contributed by atoms with E-state index in [0.29, 0.717) is 5.54 Å². The molecule has 2 heterocycles. The SMILES string of the molecule is CNC1(Cc2cnc3ccnn3c2)CC1. The molecule has 3 rings (SSSR count). The first kappa shape index (κ1) is 8.85. The first-order chi connectivity index (χ1) is 7.31. The molecule has 4 heteroatoms. The molecule has 0 spiro atoms. The summed E-state index contributed by atoms with van der Waals surface area (Å²) in [5, 5.41) is 7.57. The van der Waals surface area contributed by atoms with Crippen LogP contribution in [-0.4, -0.2) is 27.2 Å². The summed E-state index contributed by atoms with van der Waals surface area (Å²) in [6, 6.07) is 1.91. The fourth-order valence-corrected chi connectivity index (χ4v) is 2.00. The predicted molar refractivity (Wildman–Crippen MR) is 57.7 cm³/mol. The van der Waals surface area contributed by atoms with Gasteiger partial charge in [-0.15, -0.1) is 0 Å². The van der Waals surface area contributed by atoms with E-state index in [4.69, 9.17) is 0 Å². The van der Waals surface area contributed by atoms with Gasteiger partial charge in [0.15, 0.2) is 5.65 Å². The van der Waals surface area contributed by atoms with E-state index in [9.17, 15) is 0 Å². The molecule has 2 aromatic rings. The molecule has 0 unspecified atom stereocenters. The fourth-order valence-electron chi connectivity index (χ4n) is 2.00. The lowest BCUT2D eigenvalue weighted by Gasteiger charge is -2.13. The van der Waals surface area contributed by atoms with Crippen molar-refractivity contribution >= 4 is 5.65 Å². The predicted octanol–water partition coefficient (Wildman–Crippen LogP) is 1.02. The standard InChI is InChI=1S/C11H14N4/c1-12-11(3-4-11)6-9-7-13-10-2-5-14-15(10)8-9/h2,5,7-8,12H,3-4,6H2,1H3. The zero-order valence-corrected chi connectivity index (χ0v) is 8.77. The Morgan fingerprint density at radius 3 is 3.13 bits per heavy atom. The Labute approximate surface area is 88.3 Å². The van der Waals surface area contributed by atoms with Gasteiger partial charge < -0.3 is 5.32 Å². The minimum atomic E-state index is 0.336. The van der Waals surface area contributed by atoms with Gasteiger partial charge in [0.1, 0.15) is 0 Å². The Hall–Kier alpha value is -1.42. The average Bonchev–Trinajstić information content (AvgIpc) is 2.88. The van der Waals surface area contributed by atoms with Crippen LogP contribution in [0.15, 0.2) is 24.7 Å². The van der Waals surface area contributed by atoms with Crippen molar-refractivity contribution < 1.29 is 0 Å². The summed E-state index contributed by atoms with van der Waals surface area (Å²) >= 11 is 0. The molecule has 0 aromatic carbocycles. The number of rotatable bonds is 3. The monoisotopic (exact) mass is 202 g/mol. The maximum Gasteiger partial charge on any atom is 0.154 e. The van der Waals surface area contributed by atoms with E-state index in [2.05, 4.69) is 21.6 Å². The van der Waals surface area contributed by atoms with Crippen molar-refractivity contribution in [3.8, 4) is 0 Å². The van der Waals surface area contributed by atoms with E-state index < -0.39 is 0 Å². The maximum atomic E-state index is 4.36. The second-order valence-corrected chi connectivity index (χ2v) is 4.30. The van der Waals surface area contributed by atoms with Gasteiger partial charge in [0.25, 0.3) is 0 Å². The highest BCUT2D eigenvalue weighted by Crippen LogP contribution is 2.37. The Morgan fingerprint density at radius 2 is 2.40 bits per heavy atom. The second-order valence-electron chi connectivity index (χ2n) is 4.30. The number of nitrogens with one attached hydrogen (secondary N) is 1. The van der Waals surface area contributed by atoms with Crippen LogP contribution in [0.25, 0.3) is 5.65 Å². The summed E-state index contributed by atoms with van der Waals surface area (Å²) in [5.41, 5.74) is 2.49. The van der Waals surface area contributed by atoms with Crippen molar-refractivity contribution in [3.63, 3.8) is 0 Å². The Kier molecular flexibility index (Phi) is 1.79. The largest absolute Gasteiger partial charge is 0.314 e. The Balaban J connectivity index is 1.91. The van der Waals surface area contributed by atoms with Crippen LogP contribution in [0.4, 0.5) is 0 Å². The molecule has 0 aliphatic heterocycles. The second kappa shape index (κ2) is 3.03. The molecule has 15 heavy (non-hydrogen) atoms.